The highest BCUT2D eigenvalue weighted by Gasteiger charge is 2.09. The number of aryl methyl sites for hydroxylation is 1. The summed E-state index contributed by atoms with van der Waals surface area (Å²) in [5.41, 5.74) is 1.71. The Morgan fingerprint density at radius 3 is 3.10 bits per heavy atom. The highest BCUT2D eigenvalue weighted by molar-refractivity contribution is 7.15. The van der Waals surface area contributed by atoms with Crippen LogP contribution in [0, 0.1) is 12.7 Å². The van der Waals surface area contributed by atoms with Gasteiger partial charge in [0.05, 0.1) is 12.1 Å². The van der Waals surface area contributed by atoms with Crippen LogP contribution in [0.25, 0.3) is 4.96 Å². The number of aromatic nitrogens is 2. The Morgan fingerprint density at radius 2 is 2.35 bits per heavy atom. The van der Waals surface area contributed by atoms with Crippen molar-refractivity contribution >= 4 is 27.9 Å². The van der Waals surface area contributed by atoms with Gasteiger partial charge < -0.3 is 5.32 Å². The van der Waals surface area contributed by atoms with Crippen LogP contribution in [-0.4, -0.2) is 15.3 Å². The van der Waals surface area contributed by atoms with Crippen molar-refractivity contribution in [3.63, 3.8) is 0 Å². The molecule has 1 aromatic carbocycles. The number of hydrogen-bond donors (Lipinski definition) is 1. The van der Waals surface area contributed by atoms with E-state index in [2.05, 4.69) is 10.3 Å². The monoisotopic (exact) mass is 289 g/mol. The molecule has 0 radical (unpaired) electrons. The van der Waals surface area contributed by atoms with Gasteiger partial charge in [-0.2, -0.15) is 0 Å². The van der Waals surface area contributed by atoms with Gasteiger partial charge in [-0.25, -0.2) is 9.37 Å². The van der Waals surface area contributed by atoms with E-state index in [0.29, 0.717) is 16.9 Å². The topological polar surface area (TPSA) is 46.4 Å². The number of nitrogens with one attached hydrogen (secondary N) is 1. The SMILES string of the molecule is Cc1ccc(NC(=O)Cc2cn3ccsc3n2)cc1F. The normalized spacial score (nSPS) is 10.9. The minimum atomic E-state index is -0.328. The van der Waals surface area contributed by atoms with Crippen LogP contribution in [0.3, 0.4) is 0 Å². The Labute approximate surface area is 118 Å². The largest absolute Gasteiger partial charge is 0.326 e. The number of thiazole rings is 1. The van der Waals surface area contributed by atoms with Crippen molar-refractivity contribution in [3.8, 4) is 0 Å². The van der Waals surface area contributed by atoms with Crippen molar-refractivity contribution in [3.05, 3.63) is 53.0 Å². The van der Waals surface area contributed by atoms with Gasteiger partial charge in [-0.3, -0.25) is 9.20 Å². The molecule has 1 amide bonds. The zero-order chi connectivity index (χ0) is 14.1. The molecule has 0 saturated carbocycles. The number of nitrogens with zero attached hydrogens (tertiary/aromatic N) is 2. The van der Waals surface area contributed by atoms with Crippen LogP contribution < -0.4 is 5.32 Å². The molecule has 0 saturated heterocycles. The molecule has 4 nitrogen and oxygen atoms in total. The molecule has 0 aliphatic heterocycles. The van der Waals surface area contributed by atoms with Crippen molar-refractivity contribution in [2.45, 2.75) is 13.3 Å². The fourth-order valence-electron chi connectivity index (χ4n) is 1.90. The van der Waals surface area contributed by atoms with E-state index >= 15 is 0 Å². The quantitative estimate of drug-likeness (QED) is 0.805. The first kappa shape index (κ1) is 12.8. The third kappa shape index (κ3) is 2.55. The van der Waals surface area contributed by atoms with Crippen LogP contribution >= 0.6 is 11.3 Å². The van der Waals surface area contributed by atoms with Crippen molar-refractivity contribution in [1.29, 1.82) is 0 Å². The summed E-state index contributed by atoms with van der Waals surface area (Å²) in [5, 5.41) is 4.60. The molecule has 3 rings (SSSR count). The zero-order valence-electron chi connectivity index (χ0n) is 10.8. The summed E-state index contributed by atoms with van der Waals surface area (Å²) < 4.78 is 15.3. The van der Waals surface area contributed by atoms with Gasteiger partial charge in [0, 0.05) is 23.5 Å². The molecule has 1 N–H and O–H groups in total. The second kappa shape index (κ2) is 5.05. The highest BCUT2D eigenvalue weighted by atomic mass is 32.1. The average Bonchev–Trinajstić information content (AvgIpc) is 2.94. The van der Waals surface area contributed by atoms with E-state index in [0.717, 1.165) is 4.96 Å². The summed E-state index contributed by atoms with van der Waals surface area (Å²) >= 11 is 1.51. The van der Waals surface area contributed by atoms with Crippen molar-refractivity contribution in [2.24, 2.45) is 0 Å². The molecular weight excluding hydrogens is 277 g/mol. The molecule has 20 heavy (non-hydrogen) atoms. The third-order valence-corrected chi connectivity index (χ3v) is 3.71. The second-order valence-electron chi connectivity index (χ2n) is 4.51. The predicted molar refractivity (Wildman–Crippen MR) is 76.5 cm³/mol. The van der Waals surface area contributed by atoms with E-state index in [4.69, 9.17) is 0 Å². The molecule has 2 heterocycles. The van der Waals surface area contributed by atoms with Gasteiger partial charge in [-0.15, -0.1) is 11.3 Å². The summed E-state index contributed by atoms with van der Waals surface area (Å²) in [7, 11) is 0. The Balaban J connectivity index is 1.70. The molecule has 102 valence electrons. The molecule has 0 atom stereocenters. The molecule has 0 spiro atoms. The second-order valence-corrected chi connectivity index (χ2v) is 5.39. The van der Waals surface area contributed by atoms with Crippen LogP contribution in [0.5, 0.6) is 0 Å². The van der Waals surface area contributed by atoms with Crippen molar-refractivity contribution in [1.82, 2.24) is 9.38 Å². The van der Waals surface area contributed by atoms with Crippen molar-refractivity contribution < 1.29 is 9.18 Å². The van der Waals surface area contributed by atoms with E-state index in [1.165, 1.54) is 17.4 Å². The number of anilines is 1. The summed E-state index contributed by atoms with van der Waals surface area (Å²) in [5.74, 6) is -0.538. The first-order valence-corrected chi connectivity index (χ1v) is 6.97. The number of rotatable bonds is 3. The van der Waals surface area contributed by atoms with Gasteiger partial charge in [-0.05, 0) is 24.6 Å². The van der Waals surface area contributed by atoms with Gasteiger partial charge in [0.1, 0.15) is 5.82 Å². The van der Waals surface area contributed by atoms with E-state index in [-0.39, 0.29) is 18.1 Å². The lowest BCUT2D eigenvalue weighted by molar-refractivity contribution is -0.115. The zero-order valence-corrected chi connectivity index (χ0v) is 11.6. The number of hydrogen-bond acceptors (Lipinski definition) is 3. The maximum atomic E-state index is 13.4. The van der Waals surface area contributed by atoms with Gasteiger partial charge in [0.15, 0.2) is 4.96 Å². The Morgan fingerprint density at radius 1 is 1.50 bits per heavy atom. The average molecular weight is 289 g/mol. The van der Waals surface area contributed by atoms with E-state index in [1.54, 1.807) is 19.1 Å². The fourth-order valence-corrected chi connectivity index (χ4v) is 2.62. The lowest BCUT2D eigenvalue weighted by atomic mass is 10.2. The maximum Gasteiger partial charge on any atom is 0.230 e. The van der Waals surface area contributed by atoms with Gasteiger partial charge in [0.25, 0.3) is 0 Å². The minimum Gasteiger partial charge on any atom is -0.326 e. The number of imidazole rings is 1. The van der Waals surface area contributed by atoms with Crippen molar-refractivity contribution in [2.75, 3.05) is 5.32 Å². The Bertz CT molecular complexity index is 749. The number of carbonyl (C=O) groups is 1. The lowest BCUT2D eigenvalue weighted by Crippen LogP contribution is -2.14. The van der Waals surface area contributed by atoms with Gasteiger partial charge in [0.2, 0.25) is 5.91 Å². The lowest BCUT2D eigenvalue weighted by Gasteiger charge is -2.05. The number of carbonyl (C=O) groups excluding carboxylic acids is 1. The van der Waals surface area contributed by atoms with E-state index < -0.39 is 0 Å². The molecule has 0 fully saturated rings. The molecule has 0 bridgehead atoms. The van der Waals surface area contributed by atoms with E-state index in [9.17, 15) is 9.18 Å². The molecule has 3 aromatic rings. The smallest absolute Gasteiger partial charge is 0.230 e. The molecular formula is C14H12FN3OS. The van der Waals surface area contributed by atoms with Gasteiger partial charge in [-0.1, -0.05) is 6.07 Å². The molecule has 2 aromatic heterocycles. The maximum absolute atomic E-state index is 13.4. The van der Waals surface area contributed by atoms with E-state index in [1.807, 2.05) is 22.2 Å². The number of amides is 1. The number of halogens is 1. The summed E-state index contributed by atoms with van der Waals surface area (Å²) in [4.78, 5) is 17.1. The number of fused-ring (bicyclic) bond motifs is 1. The first-order valence-electron chi connectivity index (χ1n) is 6.09. The standard InChI is InChI=1S/C14H12FN3OS/c1-9-2-3-10(6-12(9)15)16-13(19)7-11-8-18-4-5-20-14(18)17-11/h2-6,8H,7H2,1H3,(H,16,19). The predicted octanol–water partition coefficient (Wildman–Crippen LogP) is 3.02. The summed E-state index contributed by atoms with van der Waals surface area (Å²) in [6.45, 7) is 1.68. The van der Waals surface area contributed by atoms with Crippen LogP contribution in [-0.2, 0) is 11.2 Å². The summed E-state index contributed by atoms with van der Waals surface area (Å²) in [6.07, 6.45) is 3.88. The minimum absolute atomic E-state index is 0.171. The molecule has 0 aliphatic carbocycles. The Hall–Kier alpha value is -2.21. The van der Waals surface area contributed by atoms with Crippen LogP contribution in [0.15, 0.2) is 36.0 Å². The number of benzene rings is 1. The first-order chi connectivity index (χ1) is 9.61. The van der Waals surface area contributed by atoms with Gasteiger partial charge >= 0.3 is 0 Å². The summed E-state index contributed by atoms with van der Waals surface area (Å²) in [6, 6.07) is 4.64. The van der Waals surface area contributed by atoms with Crippen LogP contribution in [0.1, 0.15) is 11.3 Å². The molecule has 6 heteroatoms. The third-order valence-electron chi connectivity index (χ3n) is 2.94. The van der Waals surface area contributed by atoms with Crippen LogP contribution in [0.4, 0.5) is 10.1 Å². The molecule has 0 aliphatic rings. The van der Waals surface area contributed by atoms with Crippen LogP contribution in [0.2, 0.25) is 0 Å². The Kier molecular flexibility index (Phi) is 3.23. The molecule has 0 unspecified atom stereocenters. The highest BCUT2D eigenvalue weighted by Crippen LogP contribution is 2.15. The fraction of sp³-hybridized carbons (Fsp3) is 0.143.